The smallest absolute Gasteiger partial charge is 0.0935 e. The average Bonchev–Trinajstić information content (AvgIpc) is 2.61. The summed E-state index contributed by atoms with van der Waals surface area (Å²) >= 11 is 6.11. The van der Waals surface area contributed by atoms with Gasteiger partial charge in [0, 0.05) is 48.5 Å². The van der Waals surface area contributed by atoms with E-state index in [1.165, 1.54) is 16.8 Å². The Labute approximate surface area is 141 Å². The third kappa shape index (κ3) is 2.84. The molecule has 23 heavy (non-hydrogen) atoms. The van der Waals surface area contributed by atoms with E-state index in [0.717, 1.165) is 36.7 Å². The molecule has 1 saturated heterocycles. The molecule has 3 aromatic rings. The molecule has 1 aliphatic rings. The number of para-hydroxylation sites is 1. The summed E-state index contributed by atoms with van der Waals surface area (Å²) in [6.07, 6.45) is 1.87. The Morgan fingerprint density at radius 2 is 1.57 bits per heavy atom. The molecule has 4 heteroatoms. The number of piperazine rings is 1. The van der Waals surface area contributed by atoms with Gasteiger partial charge in [0.15, 0.2) is 0 Å². The van der Waals surface area contributed by atoms with Gasteiger partial charge in [-0.3, -0.25) is 4.98 Å². The lowest BCUT2D eigenvalue weighted by molar-refractivity contribution is 0.655. The lowest BCUT2D eigenvalue weighted by Crippen LogP contribution is -2.46. The predicted molar refractivity (Wildman–Crippen MR) is 97.6 cm³/mol. The van der Waals surface area contributed by atoms with Crippen LogP contribution in [0.4, 0.5) is 11.4 Å². The summed E-state index contributed by atoms with van der Waals surface area (Å²) in [7, 11) is 0. The van der Waals surface area contributed by atoms with Gasteiger partial charge in [-0.15, -0.1) is 0 Å². The van der Waals surface area contributed by atoms with Gasteiger partial charge in [-0.05, 0) is 30.3 Å². The zero-order valence-corrected chi connectivity index (χ0v) is 13.6. The number of benzene rings is 2. The standard InChI is InChI=1S/C19H18ClN3/c20-16-6-2-7-17(14-16)22-10-12-23(13-11-22)18-8-1-4-15-5-3-9-21-19(15)18/h1-9,14H,10-13H2. The highest BCUT2D eigenvalue weighted by atomic mass is 35.5. The number of nitrogens with zero attached hydrogens (tertiary/aromatic N) is 3. The van der Waals surface area contributed by atoms with Crippen molar-refractivity contribution in [1.29, 1.82) is 0 Å². The van der Waals surface area contributed by atoms with Crippen LogP contribution in [0.15, 0.2) is 60.8 Å². The Hall–Kier alpha value is -2.26. The predicted octanol–water partition coefficient (Wildman–Crippen LogP) is 4.21. The number of hydrogen-bond donors (Lipinski definition) is 0. The van der Waals surface area contributed by atoms with Crippen molar-refractivity contribution in [3.63, 3.8) is 0 Å². The Kier molecular flexibility index (Phi) is 3.80. The minimum Gasteiger partial charge on any atom is -0.368 e. The zero-order valence-electron chi connectivity index (χ0n) is 12.8. The molecule has 116 valence electrons. The Bertz CT molecular complexity index is 820. The first kappa shape index (κ1) is 14.3. The molecule has 1 fully saturated rings. The number of aromatic nitrogens is 1. The topological polar surface area (TPSA) is 19.4 Å². The van der Waals surface area contributed by atoms with Crippen LogP contribution in [0.3, 0.4) is 0 Å². The van der Waals surface area contributed by atoms with Crippen molar-refractivity contribution < 1.29 is 0 Å². The van der Waals surface area contributed by atoms with Gasteiger partial charge in [-0.2, -0.15) is 0 Å². The van der Waals surface area contributed by atoms with E-state index in [4.69, 9.17) is 11.6 Å². The summed E-state index contributed by atoms with van der Waals surface area (Å²) in [5.41, 5.74) is 3.52. The van der Waals surface area contributed by atoms with E-state index < -0.39 is 0 Å². The van der Waals surface area contributed by atoms with E-state index >= 15 is 0 Å². The Morgan fingerprint density at radius 1 is 0.826 bits per heavy atom. The van der Waals surface area contributed by atoms with Crippen molar-refractivity contribution in [2.24, 2.45) is 0 Å². The molecule has 1 aliphatic heterocycles. The van der Waals surface area contributed by atoms with Gasteiger partial charge in [0.2, 0.25) is 0 Å². The molecule has 0 bridgehead atoms. The monoisotopic (exact) mass is 323 g/mol. The lowest BCUT2D eigenvalue weighted by Gasteiger charge is -2.37. The third-order valence-electron chi connectivity index (χ3n) is 4.41. The normalized spacial score (nSPS) is 15.2. The molecule has 2 heterocycles. The Balaban J connectivity index is 1.55. The minimum atomic E-state index is 0.795. The van der Waals surface area contributed by atoms with Crippen molar-refractivity contribution in [1.82, 2.24) is 4.98 Å². The molecule has 0 unspecified atom stereocenters. The second kappa shape index (κ2) is 6.09. The van der Waals surface area contributed by atoms with Crippen LogP contribution in [0.2, 0.25) is 5.02 Å². The molecule has 0 saturated carbocycles. The van der Waals surface area contributed by atoms with Crippen LogP contribution in [0.25, 0.3) is 10.9 Å². The zero-order chi connectivity index (χ0) is 15.6. The molecule has 0 amide bonds. The SMILES string of the molecule is Clc1cccc(N2CCN(c3cccc4cccnc34)CC2)c1. The molecular formula is C19H18ClN3. The molecule has 0 atom stereocenters. The highest BCUT2D eigenvalue weighted by Crippen LogP contribution is 2.27. The highest BCUT2D eigenvalue weighted by Gasteiger charge is 2.19. The maximum absolute atomic E-state index is 6.11. The fourth-order valence-corrected chi connectivity index (χ4v) is 3.41. The van der Waals surface area contributed by atoms with E-state index in [1.54, 1.807) is 0 Å². The Morgan fingerprint density at radius 3 is 2.39 bits per heavy atom. The molecule has 0 spiro atoms. The van der Waals surface area contributed by atoms with Crippen LogP contribution >= 0.6 is 11.6 Å². The summed E-state index contributed by atoms with van der Waals surface area (Å²) in [5.74, 6) is 0. The summed E-state index contributed by atoms with van der Waals surface area (Å²) in [6, 6.07) is 18.6. The molecule has 4 rings (SSSR count). The largest absolute Gasteiger partial charge is 0.368 e. The van der Waals surface area contributed by atoms with Crippen LogP contribution in [0.5, 0.6) is 0 Å². The first-order valence-corrected chi connectivity index (χ1v) is 8.28. The van der Waals surface area contributed by atoms with Crippen molar-refractivity contribution in [2.45, 2.75) is 0 Å². The maximum atomic E-state index is 6.11. The van der Waals surface area contributed by atoms with Crippen LogP contribution in [-0.2, 0) is 0 Å². The quantitative estimate of drug-likeness (QED) is 0.704. The van der Waals surface area contributed by atoms with Crippen molar-refractivity contribution in [2.75, 3.05) is 36.0 Å². The molecule has 3 nitrogen and oxygen atoms in total. The van der Waals surface area contributed by atoms with E-state index in [0.29, 0.717) is 0 Å². The number of fused-ring (bicyclic) bond motifs is 1. The first-order chi connectivity index (χ1) is 11.3. The number of halogens is 1. The highest BCUT2D eigenvalue weighted by molar-refractivity contribution is 6.30. The van der Waals surface area contributed by atoms with Gasteiger partial charge in [0.25, 0.3) is 0 Å². The second-order valence-corrected chi connectivity index (χ2v) is 6.24. The van der Waals surface area contributed by atoms with Gasteiger partial charge >= 0.3 is 0 Å². The molecule has 0 radical (unpaired) electrons. The average molecular weight is 324 g/mol. The molecule has 2 aromatic carbocycles. The van der Waals surface area contributed by atoms with Gasteiger partial charge in [0.05, 0.1) is 11.2 Å². The van der Waals surface area contributed by atoms with Crippen LogP contribution in [-0.4, -0.2) is 31.2 Å². The van der Waals surface area contributed by atoms with Gasteiger partial charge in [-0.25, -0.2) is 0 Å². The molecule has 0 N–H and O–H groups in total. The van der Waals surface area contributed by atoms with E-state index in [2.05, 4.69) is 45.1 Å². The number of rotatable bonds is 2. The maximum Gasteiger partial charge on any atom is 0.0935 e. The van der Waals surface area contributed by atoms with E-state index in [9.17, 15) is 0 Å². The third-order valence-corrected chi connectivity index (χ3v) is 4.64. The lowest BCUT2D eigenvalue weighted by atomic mass is 10.1. The number of hydrogen-bond acceptors (Lipinski definition) is 3. The van der Waals surface area contributed by atoms with Crippen LogP contribution < -0.4 is 9.80 Å². The van der Waals surface area contributed by atoms with Gasteiger partial charge in [-0.1, -0.05) is 35.9 Å². The van der Waals surface area contributed by atoms with Gasteiger partial charge < -0.3 is 9.80 Å². The number of anilines is 2. The summed E-state index contributed by atoms with van der Waals surface area (Å²) in [4.78, 5) is 9.39. The van der Waals surface area contributed by atoms with Crippen molar-refractivity contribution in [3.05, 3.63) is 65.8 Å². The van der Waals surface area contributed by atoms with Crippen LogP contribution in [0.1, 0.15) is 0 Å². The van der Waals surface area contributed by atoms with E-state index in [-0.39, 0.29) is 0 Å². The fraction of sp³-hybridized carbons (Fsp3) is 0.211. The minimum absolute atomic E-state index is 0.795. The van der Waals surface area contributed by atoms with Crippen LogP contribution in [0, 0.1) is 0 Å². The van der Waals surface area contributed by atoms with Gasteiger partial charge in [0.1, 0.15) is 0 Å². The second-order valence-electron chi connectivity index (χ2n) is 5.81. The summed E-state index contributed by atoms with van der Waals surface area (Å²) < 4.78 is 0. The molecule has 1 aromatic heterocycles. The molecular weight excluding hydrogens is 306 g/mol. The summed E-state index contributed by atoms with van der Waals surface area (Å²) in [5, 5.41) is 1.99. The first-order valence-electron chi connectivity index (χ1n) is 7.90. The summed E-state index contributed by atoms with van der Waals surface area (Å²) in [6.45, 7) is 3.96. The van der Waals surface area contributed by atoms with Crippen molar-refractivity contribution >= 4 is 33.9 Å². The van der Waals surface area contributed by atoms with E-state index in [1.807, 2.05) is 30.5 Å². The van der Waals surface area contributed by atoms with Crippen molar-refractivity contribution in [3.8, 4) is 0 Å². The molecule has 0 aliphatic carbocycles. The number of pyridine rings is 1. The fourth-order valence-electron chi connectivity index (χ4n) is 3.22.